The Bertz CT molecular complexity index is 414. The summed E-state index contributed by atoms with van der Waals surface area (Å²) >= 11 is 1.74. The molecule has 0 heterocycles. The van der Waals surface area contributed by atoms with Crippen LogP contribution in [0.2, 0.25) is 0 Å². The van der Waals surface area contributed by atoms with E-state index in [2.05, 4.69) is 17.7 Å². The van der Waals surface area contributed by atoms with Gasteiger partial charge in [0.2, 0.25) is 0 Å². The first-order valence-corrected chi connectivity index (χ1v) is 6.89. The lowest BCUT2D eigenvalue weighted by Gasteiger charge is -2.15. The molecule has 1 atom stereocenters. The maximum Gasteiger partial charge on any atom is 0.253 e. The van der Waals surface area contributed by atoms with Crippen molar-refractivity contribution >= 4 is 23.4 Å². The van der Waals surface area contributed by atoms with Crippen molar-refractivity contribution in [3.8, 4) is 0 Å². The van der Waals surface area contributed by atoms with Crippen molar-refractivity contribution < 1.29 is 9.18 Å². The number of hydrogen-bond donors (Lipinski definition) is 3. The molecule has 1 unspecified atom stereocenters. The van der Waals surface area contributed by atoms with Gasteiger partial charge in [-0.15, -0.1) is 0 Å². The van der Waals surface area contributed by atoms with Crippen LogP contribution in [-0.4, -0.2) is 23.5 Å². The fourth-order valence-electron chi connectivity index (χ4n) is 1.50. The summed E-state index contributed by atoms with van der Waals surface area (Å²) in [5.74, 6) is 6.18. The van der Waals surface area contributed by atoms with Gasteiger partial charge in [0.25, 0.3) is 5.91 Å². The molecule has 0 aliphatic rings. The predicted molar refractivity (Wildman–Crippen MR) is 74.1 cm³/mol. The topological polar surface area (TPSA) is 67.2 Å². The van der Waals surface area contributed by atoms with Crippen LogP contribution in [0.3, 0.4) is 0 Å². The Morgan fingerprint density at radius 1 is 1.56 bits per heavy atom. The molecule has 0 saturated heterocycles. The Morgan fingerprint density at radius 2 is 2.28 bits per heavy atom. The Kier molecular flexibility index (Phi) is 5.94. The number of hydrazine groups is 1. The lowest BCUT2D eigenvalue weighted by molar-refractivity contribution is 0.0944. The van der Waals surface area contributed by atoms with Crippen LogP contribution in [0.5, 0.6) is 0 Å². The predicted octanol–water partition coefficient (Wildman–Crippen LogP) is 1.98. The van der Waals surface area contributed by atoms with E-state index in [1.807, 2.05) is 6.92 Å². The molecule has 0 aromatic heterocycles. The number of para-hydroxylation sites is 1. The molecule has 0 aliphatic heterocycles. The summed E-state index contributed by atoms with van der Waals surface area (Å²) in [4.78, 5) is 12.0. The second-order valence-corrected chi connectivity index (χ2v) is 5.16. The number of anilines is 1. The molecule has 0 aliphatic carbocycles. The molecule has 0 spiro atoms. The number of thioether (sulfide) groups is 1. The largest absolute Gasteiger partial charge is 0.349 e. The summed E-state index contributed by atoms with van der Waals surface area (Å²) in [6.45, 7) is 3.97. The van der Waals surface area contributed by atoms with Crippen LogP contribution in [0.15, 0.2) is 18.2 Å². The van der Waals surface area contributed by atoms with E-state index in [1.165, 1.54) is 18.2 Å². The quantitative estimate of drug-likeness (QED) is 0.547. The second kappa shape index (κ2) is 7.23. The fraction of sp³-hybridized carbons (Fsp3) is 0.417. The molecule has 0 saturated carbocycles. The van der Waals surface area contributed by atoms with E-state index >= 15 is 0 Å². The number of carbonyl (C=O) groups excluding carboxylic acids is 1. The second-order valence-electron chi connectivity index (χ2n) is 3.84. The van der Waals surface area contributed by atoms with Gasteiger partial charge in [-0.25, -0.2) is 4.39 Å². The minimum atomic E-state index is -0.541. The highest BCUT2D eigenvalue weighted by Gasteiger charge is 2.15. The van der Waals surface area contributed by atoms with Crippen molar-refractivity contribution in [1.29, 1.82) is 0 Å². The van der Waals surface area contributed by atoms with Crippen LogP contribution in [0.25, 0.3) is 0 Å². The maximum atomic E-state index is 13.4. The van der Waals surface area contributed by atoms with Crippen molar-refractivity contribution in [3.63, 3.8) is 0 Å². The van der Waals surface area contributed by atoms with Crippen LogP contribution in [0.1, 0.15) is 24.2 Å². The molecule has 1 aromatic rings. The molecule has 0 radical (unpaired) electrons. The lowest BCUT2D eigenvalue weighted by atomic mass is 10.1. The number of hydrogen-bond acceptors (Lipinski definition) is 4. The van der Waals surface area contributed by atoms with Crippen molar-refractivity contribution in [2.45, 2.75) is 19.9 Å². The van der Waals surface area contributed by atoms with E-state index in [9.17, 15) is 9.18 Å². The summed E-state index contributed by atoms with van der Waals surface area (Å²) < 4.78 is 13.4. The summed E-state index contributed by atoms with van der Waals surface area (Å²) in [6.07, 6.45) is 0. The van der Waals surface area contributed by atoms with E-state index in [4.69, 9.17) is 5.84 Å². The maximum absolute atomic E-state index is 13.4. The monoisotopic (exact) mass is 271 g/mol. The summed E-state index contributed by atoms with van der Waals surface area (Å²) in [5, 5.41) is 2.81. The van der Waals surface area contributed by atoms with E-state index in [0.29, 0.717) is 0 Å². The Labute approximate surface area is 110 Å². The molecule has 1 amide bonds. The molecule has 6 heteroatoms. The number of amides is 1. The lowest BCUT2D eigenvalue weighted by Crippen LogP contribution is -2.35. The number of halogens is 1. The van der Waals surface area contributed by atoms with Crippen molar-refractivity contribution in [2.24, 2.45) is 5.84 Å². The molecule has 0 bridgehead atoms. The van der Waals surface area contributed by atoms with Crippen molar-refractivity contribution in [3.05, 3.63) is 29.6 Å². The van der Waals surface area contributed by atoms with Gasteiger partial charge < -0.3 is 10.7 Å². The molecular formula is C12H18FN3OS. The zero-order valence-electron chi connectivity index (χ0n) is 10.5. The van der Waals surface area contributed by atoms with Crippen molar-refractivity contribution in [2.75, 3.05) is 16.9 Å². The first kappa shape index (κ1) is 14.8. The smallest absolute Gasteiger partial charge is 0.253 e. The average molecular weight is 271 g/mol. The normalized spacial score (nSPS) is 12.0. The van der Waals surface area contributed by atoms with Gasteiger partial charge in [-0.1, -0.05) is 13.0 Å². The van der Waals surface area contributed by atoms with E-state index in [1.54, 1.807) is 11.8 Å². The number of benzene rings is 1. The van der Waals surface area contributed by atoms with Gasteiger partial charge in [0, 0.05) is 11.8 Å². The van der Waals surface area contributed by atoms with Gasteiger partial charge in [-0.2, -0.15) is 11.8 Å². The van der Waals surface area contributed by atoms with Gasteiger partial charge in [-0.3, -0.25) is 10.6 Å². The Hall–Kier alpha value is -1.27. The third-order valence-electron chi connectivity index (χ3n) is 2.35. The molecule has 4 nitrogen and oxygen atoms in total. The molecule has 1 aromatic carbocycles. The standard InChI is InChI=1S/C12H18FN3OS/c1-3-18-7-8(2)15-12(17)9-5-4-6-10(13)11(9)16-14/h4-6,8,16H,3,7,14H2,1-2H3,(H,15,17). The highest BCUT2D eigenvalue weighted by atomic mass is 32.2. The van der Waals surface area contributed by atoms with Crippen LogP contribution in [0.4, 0.5) is 10.1 Å². The van der Waals surface area contributed by atoms with Gasteiger partial charge in [-0.05, 0) is 24.8 Å². The Morgan fingerprint density at radius 3 is 2.89 bits per heavy atom. The summed E-state index contributed by atoms with van der Waals surface area (Å²) in [5.41, 5.74) is 2.45. The van der Waals surface area contributed by atoms with Crippen LogP contribution in [0, 0.1) is 5.82 Å². The molecule has 4 N–H and O–H groups in total. The highest BCUT2D eigenvalue weighted by molar-refractivity contribution is 7.99. The number of carbonyl (C=O) groups is 1. The summed E-state index contributed by atoms with van der Waals surface area (Å²) in [6, 6.07) is 4.29. The van der Waals surface area contributed by atoms with Crippen molar-refractivity contribution in [1.82, 2.24) is 5.32 Å². The number of rotatable bonds is 6. The number of nitrogens with one attached hydrogen (secondary N) is 2. The average Bonchev–Trinajstić information content (AvgIpc) is 2.35. The minimum Gasteiger partial charge on any atom is -0.349 e. The molecule has 18 heavy (non-hydrogen) atoms. The molecule has 1 rings (SSSR count). The number of nitrogens with two attached hydrogens (primary N) is 1. The first-order chi connectivity index (χ1) is 8.60. The Balaban J connectivity index is 2.75. The minimum absolute atomic E-state index is 0.0188. The zero-order chi connectivity index (χ0) is 13.5. The van der Waals surface area contributed by atoms with Crippen LogP contribution < -0.4 is 16.6 Å². The first-order valence-electron chi connectivity index (χ1n) is 5.73. The van der Waals surface area contributed by atoms with Gasteiger partial charge in [0.05, 0.1) is 11.3 Å². The number of nitrogen functional groups attached to an aromatic ring is 1. The van der Waals surface area contributed by atoms with E-state index in [-0.39, 0.29) is 23.2 Å². The van der Waals surface area contributed by atoms with E-state index in [0.717, 1.165) is 11.5 Å². The molecule has 100 valence electrons. The van der Waals surface area contributed by atoms with Gasteiger partial charge in [0.15, 0.2) is 0 Å². The highest BCUT2D eigenvalue weighted by Crippen LogP contribution is 2.18. The van der Waals surface area contributed by atoms with Crippen LogP contribution >= 0.6 is 11.8 Å². The third kappa shape index (κ3) is 3.89. The summed E-state index contributed by atoms with van der Waals surface area (Å²) in [7, 11) is 0. The molecule has 0 fully saturated rings. The molecular weight excluding hydrogens is 253 g/mol. The van der Waals surface area contributed by atoms with E-state index < -0.39 is 5.82 Å². The van der Waals surface area contributed by atoms with Gasteiger partial charge in [0.1, 0.15) is 5.82 Å². The van der Waals surface area contributed by atoms with Crippen LogP contribution in [-0.2, 0) is 0 Å². The SMILES string of the molecule is CCSCC(C)NC(=O)c1cccc(F)c1NN. The fourth-order valence-corrected chi connectivity index (χ4v) is 2.17. The van der Waals surface area contributed by atoms with Gasteiger partial charge >= 0.3 is 0 Å². The third-order valence-corrected chi connectivity index (χ3v) is 3.50. The zero-order valence-corrected chi connectivity index (χ0v) is 11.3.